The van der Waals surface area contributed by atoms with Gasteiger partial charge in [0, 0.05) is 35.9 Å². The van der Waals surface area contributed by atoms with E-state index in [0.29, 0.717) is 17.8 Å². The number of aryl methyl sites for hydroxylation is 1. The first-order valence-electron chi connectivity index (χ1n) is 7.94. The van der Waals surface area contributed by atoms with Gasteiger partial charge in [0.1, 0.15) is 5.58 Å². The molecule has 0 saturated carbocycles. The van der Waals surface area contributed by atoms with Crippen LogP contribution >= 0.6 is 0 Å². The van der Waals surface area contributed by atoms with Gasteiger partial charge in [0.15, 0.2) is 0 Å². The maximum atomic E-state index is 12.2. The van der Waals surface area contributed by atoms with E-state index in [1.165, 1.54) is 6.07 Å². The van der Waals surface area contributed by atoms with Crippen LogP contribution in [0.2, 0.25) is 0 Å². The number of carbonyl (C=O) groups is 1. The van der Waals surface area contributed by atoms with Crippen LogP contribution in [0.5, 0.6) is 0 Å². The van der Waals surface area contributed by atoms with Crippen LogP contribution in [0.25, 0.3) is 11.0 Å². The Morgan fingerprint density at radius 3 is 2.84 bits per heavy atom. The van der Waals surface area contributed by atoms with Crippen molar-refractivity contribution in [1.29, 1.82) is 0 Å². The Morgan fingerprint density at radius 2 is 2.08 bits per heavy atom. The topological polar surface area (TPSA) is 75.4 Å². The van der Waals surface area contributed by atoms with E-state index in [1.807, 2.05) is 43.1 Å². The van der Waals surface area contributed by atoms with Crippen LogP contribution in [0, 0.1) is 6.92 Å². The number of nitrogens with one attached hydrogen (secondary N) is 1. The van der Waals surface area contributed by atoms with Gasteiger partial charge in [-0.1, -0.05) is 6.07 Å². The molecule has 0 aliphatic rings. The van der Waals surface area contributed by atoms with E-state index in [0.717, 1.165) is 16.6 Å². The Bertz CT molecular complexity index is 951. The number of anilines is 1. The molecule has 0 aliphatic heterocycles. The van der Waals surface area contributed by atoms with Crippen LogP contribution in [0.3, 0.4) is 0 Å². The summed E-state index contributed by atoms with van der Waals surface area (Å²) in [4.78, 5) is 29.8. The molecule has 0 saturated heterocycles. The summed E-state index contributed by atoms with van der Waals surface area (Å²) < 4.78 is 5.20. The van der Waals surface area contributed by atoms with Gasteiger partial charge >= 0.3 is 5.63 Å². The molecule has 0 atom stereocenters. The largest absolute Gasteiger partial charge is 0.423 e. The first-order chi connectivity index (χ1) is 12.0. The highest BCUT2D eigenvalue weighted by Crippen LogP contribution is 2.20. The van der Waals surface area contributed by atoms with Crippen molar-refractivity contribution in [2.45, 2.75) is 13.5 Å². The molecule has 3 rings (SSSR count). The zero-order valence-electron chi connectivity index (χ0n) is 14.2. The standard InChI is InChI=1S/C19H19N3O3/c1-13-9-19(24)25-17-10-14(6-7-16(13)17)21-18(23)12-22(2)11-15-5-3-4-8-20-15/h3-10H,11-12H2,1-2H3,(H,21,23). The Balaban J connectivity index is 1.66. The third-order valence-electron chi connectivity index (χ3n) is 3.81. The number of likely N-dealkylation sites (N-methyl/N-ethyl adjacent to an activating group) is 1. The third-order valence-corrected chi connectivity index (χ3v) is 3.81. The molecule has 6 nitrogen and oxygen atoms in total. The van der Waals surface area contributed by atoms with Crippen molar-refractivity contribution < 1.29 is 9.21 Å². The lowest BCUT2D eigenvalue weighted by Gasteiger charge is -2.15. The number of rotatable bonds is 5. The molecule has 0 bridgehead atoms. The fourth-order valence-electron chi connectivity index (χ4n) is 2.67. The number of nitrogens with zero attached hydrogens (tertiary/aromatic N) is 2. The second-order valence-corrected chi connectivity index (χ2v) is 6.00. The Labute approximate surface area is 145 Å². The second kappa shape index (κ2) is 7.27. The van der Waals surface area contributed by atoms with Crippen LogP contribution < -0.4 is 10.9 Å². The molecule has 2 heterocycles. The SMILES string of the molecule is Cc1cc(=O)oc2cc(NC(=O)CN(C)Cc3ccccn3)ccc12. The zero-order chi connectivity index (χ0) is 17.8. The van der Waals surface area contributed by atoms with E-state index >= 15 is 0 Å². The van der Waals surface area contributed by atoms with Gasteiger partial charge in [-0.2, -0.15) is 0 Å². The van der Waals surface area contributed by atoms with Crippen molar-refractivity contribution in [3.05, 3.63) is 70.3 Å². The number of carbonyl (C=O) groups excluding carboxylic acids is 1. The van der Waals surface area contributed by atoms with Crippen molar-refractivity contribution in [3.63, 3.8) is 0 Å². The average molecular weight is 337 g/mol. The predicted molar refractivity (Wildman–Crippen MR) is 96.4 cm³/mol. The van der Waals surface area contributed by atoms with Gasteiger partial charge in [0.25, 0.3) is 0 Å². The first-order valence-corrected chi connectivity index (χ1v) is 7.94. The van der Waals surface area contributed by atoms with Gasteiger partial charge < -0.3 is 9.73 Å². The molecule has 128 valence electrons. The number of pyridine rings is 1. The maximum absolute atomic E-state index is 12.2. The summed E-state index contributed by atoms with van der Waals surface area (Å²) in [6.45, 7) is 2.66. The Morgan fingerprint density at radius 1 is 1.24 bits per heavy atom. The van der Waals surface area contributed by atoms with E-state index in [4.69, 9.17) is 4.42 Å². The number of fused-ring (bicyclic) bond motifs is 1. The minimum absolute atomic E-state index is 0.146. The molecule has 0 radical (unpaired) electrons. The highest BCUT2D eigenvalue weighted by Gasteiger charge is 2.09. The summed E-state index contributed by atoms with van der Waals surface area (Å²) in [5.41, 5.74) is 2.41. The minimum atomic E-state index is -0.399. The monoisotopic (exact) mass is 337 g/mol. The lowest BCUT2D eigenvalue weighted by Crippen LogP contribution is -2.30. The molecule has 0 unspecified atom stereocenters. The van der Waals surface area contributed by atoms with Crippen molar-refractivity contribution in [2.75, 3.05) is 18.9 Å². The minimum Gasteiger partial charge on any atom is -0.423 e. The number of hydrogen-bond donors (Lipinski definition) is 1. The molecule has 0 aliphatic carbocycles. The summed E-state index contributed by atoms with van der Waals surface area (Å²) in [6.07, 6.45) is 1.73. The second-order valence-electron chi connectivity index (χ2n) is 6.00. The van der Waals surface area contributed by atoms with Gasteiger partial charge in [0.2, 0.25) is 5.91 Å². The van der Waals surface area contributed by atoms with Gasteiger partial charge in [-0.25, -0.2) is 4.79 Å². The summed E-state index contributed by atoms with van der Waals surface area (Å²) in [5, 5.41) is 3.68. The molecule has 25 heavy (non-hydrogen) atoms. The van der Waals surface area contributed by atoms with Crippen LogP contribution in [0.1, 0.15) is 11.3 Å². The van der Waals surface area contributed by atoms with Crippen LogP contribution in [0.15, 0.2) is 57.9 Å². The summed E-state index contributed by atoms with van der Waals surface area (Å²) >= 11 is 0. The molecule has 6 heteroatoms. The van der Waals surface area contributed by atoms with Crippen molar-refractivity contribution in [1.82, 2.24) is 9.88 Å². The van der Waals surface area contributed by atoms with Gasteiger partial charge in [-0.3, -0.25) is 14.7 Å². The summed E-state index contributed by atoms with van der Waals surface area (Å²) in [7, 11) is 1.86. The van der Waals surface area contributed by atoms with E-state index in [2.05, 4.69) is 10.3 Å². The molecule has 1 N–H and O–H groups in total. The number of aromatic nitrogens is 1. The molecule has 2 aromatic heterocycles. The van der Waals surface area contributed by atoms with E-state index in [9.17, 15) is 9.59 Å². The van der Waals surface area contributed by atoms with E-state index < -0.39 is 5.63 Å². The normalized spacial score (nSPS) is 11.0. The highest BCUT2D eigenvalue weighted by molar-refractivity contribution is 5.94. The molecule has 0 fully saturated rings. The summed E-state index contributed by atoms with van der Waals surface area (Å²) in [5.74, 6) is -0.146. The molecular formula is C19H19N3O3. The number of hydrogen-bond acceptors (Lipinski definition) is 5. The van der Waals surface area contributed by atoms with Crippen molar-refractivity contribution >= 4 is 22.6 Å². The fraction of sp³-hybridized carbons (Fsp3) is 0.211. The Hall–Kier alpha value is -2.99. The van der Waals surface area contributed by atoms with Crippen molar-refractivity contribution in [2.24, 2.45) is 0 Å². The number of benzene rings is 1. The van der Waals surface area contributed by atoms with Gasteiger partial charge in [0.05, 0.1) is 12.2 Å². The quantitative estimate of drug-likeness (QED) is 0.724. The zero-order valence-corrected chi connectivity index (χ0v) is 14.2. The fourth-order valence-corrected chi connectivity index (χ4v) is 2.67. The molecule has 1 aromatic carbocycles. The lowest BCUT2D eigenvalue weighted by atomic mass is 10.1. The van der Waals surface area contributed by atoms with Crippen LogP contribution in [0.4, 0.5) is 5.69 Å². The van der Waals surface area contributed by atoms with Crippen molar-refractivity contribution in [3.8, 4) is 0 Å². The van der Waals surface area contributed by atoms with E-state index in [1.54, 1.807) is 18.3 Å². The predicted octanol–water partition coefficient (Wildman–Crippen LogP) is 2.57. The Kier molecular flexibility index (Phi) is 4.90. The van der Waals surface area contributed by atoms with Gasteiger partial charge in [-0.05, 0) is 43.8 Å². The van der Waals surface area contributed by atoms with Crippen LogP contribution in [-0.2, 0) is 11.3 Å². The summed E-state index contributed by atoms with van der Waals surface area (Å²) in [6, 6.07) is 12.4. The van der Waals surface area contributed by atoms with Gasteiger partial charge in [-0.15, -0.1) is 0 Å². The van der Waals surface area contributed by atoms with E-state index in [-0.39, 0.29) is 12.5 Å². The number of amides is 1. The first kappa shape index (κ1) is 16.9. The maximum Gasteiger partial charge on any atom is 0.336 e. The molecular weight excluding hydrogens is 318 g/mol. The average Bonchev–Trinajstić information content (AvgIpc) is 2.54. The molecule has 3 aromatic rings. The smallest absolute Gasteiger partial charge is 0.336 e. The third kappa shape index (κ3) is 4.30. The lowest BCUT2D eigenvalue weighted by molar-refractivity contribution is -0.117. The van der Waals surface area contributed by atoms with Crippen LogP contribution in [-0.4, -0.2) is 29.4 Å². The molecule has 0 spiro atoms. The highest BCUT2D eigenvalue weighted by atomic mass is 16.4. The molecule has 1 amide bonds.